The Bertz CT molecular complexity index is 1160. The number of anilines is 1. The molecule has 3 aliphatic rings. The fourth-order valence-electron chi connectivity index (χ4n) is 3.99. The van der Waals surface area contributed by atoms with Crippen molar-refractivity contribution in [3.05, 3.63) is 70.8 Å². The first-order valence-corrected chi connectivity index (χ1v) is 10.6. The first-order chi connectivity index (χ1) is 15.2. The number of benzene rings is 2. The number of carbonyl (C=O) groups is 1. The van der Waals surface area contributed by atoms with Gasteiger partial charge in [0.25, 0.3) is 16.8 Å². The number of ether oxygens (including phenoxy) is 1. The van der Waals surface area contributed by atoms with Gasteiger partial charge in [-0.05, 0) is 53.6 Å². The molecule has 0 spiro atoms. The Balaban J connectivity index is 1.56. The van der Waals surface area contributed by atoms with Crippen LogP contribution in [0.1, 0.15) is 28.0 Å². The minimum Gasteiger partial charge on any atom is -0.481 e. The van der Waals surface area contributed by atoms with Gasteiger partial charge in [-0.3, -0.25) is 4.79 Å². The third-order valence-electron chi connectivity index (χ3n) is 5.42. The van der Waals surface area contributed by atoms with Crippen molar-refractivity contribution in [2.75, 3.05) is 11.9 Å². The van der Waals surface area contributed by atoms with Crippen LogP contribution >= 0.6 is 11.8 Å². The molecule has 3 aliphatic heterocycles. The van der Waals surface area contributed by atoms with Gasteiger partial charge in [0, 0.05) is 0 Å². The number of aryl methyl sites for hydroxylation is 1. The zero-order valence-electron chi connectivity index (χ0n) is 16.6. The lowest BCUT2D eigenvalue weighted by molar-refractivity contribution is -0.825. The molecule has 1 fully saturated rings. The maximum Gasteiger partial charge on any atom is 0.471 e. The standard InChI is InChI=1S/C21H16F4N4O2S/c1-10-6-12(7-14-18(10)31-9-16(30)27-14)19-17(11-2-4-13(22)5-3-11)28-29-15(21(23,24)25)8-26-20(29)32-19/h2-8,17,19,28H,9H2,1H3,(H,27,30)/p+1. The van der Waals surface area contributed by atoms with Crippen molar-refractivity contribution >= 4 is 28.5 Å². The zero-order valence-corrected chi connectivity index (χ0v) is 17.4. The van der Waals surface area contributed by atoms with Crippen LogP contribution in [0.2, 0.25) is 0 Å². The van der Waals surface area contributed by atoms with Crippen molar-refractivity contribution in [3.8, 4) is 5.75 Å². The van der Waals surface area contributed by atoms with Crippen molar-refractivity contribution < 1.29 is 32.1 Å². The third-order valence-corrected chi connectivity index (χ3v) is 6.75. The summed E-state index contributed by atoms with van der Waals surface area (Å²) in [6, 6.07) is 8.67. The summed E-state index contributed by atoms with van der Waals surface area (Å²) >= 11 is 1.19. The quantitative estimate of drug-likeness (QED) is 0.597. The Morgan fingerprint density at radius 1 is 1.19 bits per heavy atom. The lowest BCUT2D eigenvalue weighted by Crippen LogP contribution is -3.20. The van der Waals surface area contributed by atoms with Gasteiger partial charge in [0.05, 0.1) is 17.0 Å². The van der Waals surface area contributed by atoms with Gasteiger partial charge in [-0.25, -0.2) is 4.39 Å². The maximum atomic E-state index is 13.5. The number of fused-ring (bicyclic) bond motifs is 2. The largest absolute Gasteiger partial charge is 0.481 e. The van der Waals surface area contributed by atoms with Crippen LogP contribution in [0, 0.1) is 12.7 Å². The molecule has 0 aliphatic carbocycles. The molecule has 3 heterocycles. The average Bonchev–Trinajstić information content (AvgIpc) is 3.16. The summed E-state index contributed by atoms with van der Waals surface area (Å²) in [4.78, 5) is 15.8. The first-order valence-electron chi connectivity index (χ1n) is 9.69. The minimum absolute atomic E-state index is 0.0772. The topological polar surface area (TPSA) is 67.2 Å². The molecule has 3 unspecified atom stereocenters. The van der Waals surface area contributed by atoms with Crippen LogP contribution in [0.25, 0.3) is 0 Å². The molecule has 1 saturated heterocycles. The van der Waals surface area contributed by atoms with E-state index in [9.17, 15) is 22.4 Å². The molecule has 0 aromatic heterocycles. The second kappa shape index (κ2) is 7.61. The number of hydrogen-bond donors (Lipinski definition) is 3. The van der Waals surface area contributed by atoms with E-state index in [2.05, 4.69) is 15.7 Å². The number of amidine groups is 1. The first kappa shape index (κ1) is 21.0. The number of thioether (sulfide) groups is 1. The SMILES string of the molecule is Cc1cc(C2SC3=NC=C(C(F)(F)F)[NH+]3NC2c2ccc(F)cc2)cc2c1OCC(=O)N2. The number of nitrogens with zero attached hydrogens (tertiary/aromatic N) is 1. The molecule has 11 heteroatoms. The van der Waals surface area contributed by atoms with E-state index < -0.39 is 29.0 Å². The smallest absolute Gasteiger partial charge is 0.471 e. The van der Waals surface area contributed by atoms with Crippen LogP contribution in [0.3, 0.4) is 0 Å². The van der Waals surface area contributed by atoms with Gasteiger partial charge < -0.3 is 10.1 Å². The van der Waals surface area contributed by atoms with Gasteiger partial charge in [0.15, 0.2) is 6.61 Å². The fraction of sp³-hybridized carbons (Fsp3) is 0.238. The molecular weight excluding hydrogens is 448 g/mol. The second-order valence-electron chi connectivity index (χ2n) is 7.61. The fourth-order valence-corrected chi connectivity index (χ4v) is 5.27. The molecule has 1 amide bonds. The average molecular weight is 465 g/mol. The molecule has 2 aromatic rings. The molecule has 5 rings (SSSR count). The van der Waals surface area contributed by atoms with Gasteiger partial charge in [-0.2, -0.15) is 23.2 Å². The number of halogens is 4. The highest BCUT2D eigenvalue weighted by Gasteiger charge is 2.52. The highest BCUT2D eigenvalue weighted by molar-refractivity contribution is 8.13. The van der Waals surface area contributed by atoms with E-state index >= 15 is 0 Å². The monoisotopic (exact) mass is 465 g/mol. The minimum atomic E-state index is -4.56. The second-order valence-corrected chi connectivity index (χ2v) is 8.74. The molecule has 166 valence electrons. The molecule has 0 radical (unpaired) electrons. The summed E-state index contributed by atoms with van der Waals surface area (Å²) in [6.45, 7) is 1.76. The van der Waals surface area contributed by atoms with Gasteiger partial charge in [0.1, 0.15) is 17.8 Å². The van der Waals surface area contributed by atoms with Crippen molar-refractivity contribution in [2.45, 2.75) is 24.4 Å². The molecule has 6 nitrogen and oxygen atoms in total. The molecule has 32 heavy (non-hydrogen) atoms. The van der Waals surface area contributed by atoms with Gasteiger partial charge >= 0.3 is 6.18 Å². The van der Waals surface area contributed by atoms with E-state index in [-0.39, 0.29) is 22.7 Å². The highest BCUT2D eigenvalue weighted by atomic mass is 32.2. The maximum absolute atomic E-state index is 13.5. The number of amides is 1. The van der Waals surface area contributed by atoms with Crippen LogP contribution in [0.15, 0.2) is 53.3 Å². The van der Waals surface area contributed by atoms with Gasteiger partial charge in [0.2, 0.25) is 0 Å². The molecule has 3 atom stereocenters. The van der Waals surface area contributed by atoms with E-state index in [4.69, 9.17) is 4.74 Å². The summed E-state index contributed by atoms with van der Waals surface area (Å²) in [7, 11) is 0. The number of hydrogen-bond acceptors (Lipinski definition) is 5. The van der Waals surface area contributed by atoms with Crippen LogP contribution < -0.4 is 20.5 Å². The molecular formula is C21H17F4N4O2S+. The van der Waals surface area contributed by atoms with Crippen LogP contribution in [0.4, 0.5) is 23.2 Å². The number of alkyl halides is 3. The summed E-state index contributed by atoms with van der Waals surface area (Å²) in [6.07, 6.45) is -3.74. The molecule has 0 saturated carbocycles. The van der Waals surface area contributed by atoms with Crippen LogP contribution in [-0.4, -0.2) is 23.9 Å². The van der Waals surface area contributed by atoms with Crippen molar-refractivity contribution in [3.63, 3.8) is 0 Å². The summed E-state index contributed by atoms with van der Waals surface area (Å²) in [5, 5.41) is 2.53. The number of allylic oxidation sites excluding steroid dienone is 1. The van der Waals surface area contributed by atoms with Gasteiger partial charge in [-0.1, -0.05) is 18.2 Å². The summed E-state index contributed by atoms with van der Waals surface area (Å²) < 4.78 is 59.5. The summed E-state index contributed by atoms with van der Waals surface area (Å²) in [5.74, 6) is -0.162. The highest BCUT2D eigenvalue weighted by Crippen LogP contribution is 2.46. The Kier molecular flexibility index (Phi) is 4.99. The molecule has 2 aromatic carbocycles. The van der Waals surface area contributed by atoms with Crippen LogP contribution in [0.5, 0.6) is 5.75 Å². The third kappa shape index (κ3) is 3.65. The Hall–Kier alpha value is -2.89. The Morgan fingerprint density at radius 3 is 2.66 bits per heavy atom. The predicted molar refractivity (Wildman–Crippen MR) is 110 cm³/mol. The zero-order chi connectivity index (χ0) is 22.6. The number of carbonyl (C=O) groups excluding carboxylic acids is 1. The van der Waals surface area contributed by atoms with Crippen LogP contribution in [-0.2, 0) is 4.79 Å². The van der Waals surface area contributed by atoms with E-state index in [1.54, 1.807) is 18.2 Å². The predicted octanol–water partition coefficient (Wildman–Crippen LogP) is 3.16. The number of quaternary nitrogens is 1. The number of aliphatic imine (C=N–C) groups is 1. The molecule has 3 N–H and O–H groups in total. The van der Waals surface area contributed by atoms with Crippen molar-refractivity contribution in [1.29, 1.82) is 0 Å². The Morgan fingerprint density at radius 2 is 1.94 bits per heavy atom. The van der Waals surface area contributed by atoms with Crippen molar-refractivity contribution in [1.82, 2.24) is 5.43 Å². The van der Waals surface area contributed by atoms with E-state index in [1.165, 1.54) is 23.9 Å². The molecule has 0 bridgehead atoms. The normalized spacial score (nSPS) is 24.7. The van der Waals surface area contributed by atoms with Crippen molar-refractivity contribution in [2.24, 2.45) is 4.99 Å². The van der Waals surface area contributed by atoms with E-state index in [0.29, 0.717) is 17.0 Å². The summed E-state index contributed by atoms with van der Waals surface area (Å²) in [5.41, 5.74) is 4.84. The van der Waals surface area contributed by atoms with E-state index in [1.807, 2.05) is 13.0 Å². The Labute approximate surface area is 184 Å². The number of rotatable bonds is 2. The van der Waals surface area contributed by atoms with Gasteiger partial charge in [-0.15, -0.1) is 5.43 Å². The number of nitrogens with one attached hydrogen (secondary N) is 3. The lowest BCUT2D eigenvalue weighted by Gasteiger charge is -2.36. The van der Waals surface area contributed by atoms with E-state index in [0.717, 1.165) is 17.3 Å². The lowest BCUT2D eigenvalue weighted by atomic mass is 9.96.